The predicted molar refractivity (Wildman–Crippen MR) is 62.6 cm³/mol. The van der Waals surface area contributed by atoms with Gasteiger partial charge in [0.2, 0.25) is 5.78 Å². The number of aryl methyl sites for hydroxylation is 1. The monoisotopic (exact) mass is 282 g/mol. The van der Waals surface area contributed by atoms with Gasteiger partial charge in [-0.1, -0.05) is 35.5 Å². The van der Waals surface area contributed by atoms with Gasteiger partial charge >= 0.3 is 11.6 Å². The van der Waals surface area contributed by atoms with Crippen LogP contribution in [0.5, 0.6) is 0 Å². The summed E-state index contributed by atoms with van der Waals surface area (Å²) in [5.74, 6) is -7.10. The number of halogens is 2. The summed E-state index contributed by atoms with van der Waals surface area (Å²) in [6.07, 6.45) is 0. The molecule has 0 aliphatic heterocycles. The number of nitro groups is 1. The molecular formula is C12H8F2N2O4. The van der Waals surface area contributed by atoms with Gasteiger partial charge in [0.15, 0.2) is 5.69 Å². The number of alkyl halides is 2. The van der Waals surface area contributed by atoms with Crippen LogP contribution in [0.1, 0.15) is 21.8 Å². The lowest BCUT2D eigenvalue weighted by atomic mass is 10.0. The number of aromatic nitrogens is 1. The highest BCUT2D eigenvalue weighted by Gasteiger charge is 2.51. The Morgan fingerprint density at radius 3 is 2.50 bits per heavy atom. The third kappa shape index (κ3) is 2.15. The van der Waals surface area contributed by atoms with Gasteiger partial charge in [-0.15, -0.1) is 0 Å². The number of nitrogens with zero attached hydrogens (tertiary/aromatic N) is 2. The van der Waals surface area contributed by atoms with Crippen LogP contribution >= 0.6 is 0 Å². The summed E-state index contributed by atoms with van der Waals surface area (Å²) < 4.78 is 32.5. The molecule has 0 saturated heterocycles. The van der Waals surface area contributed by atoms with Crippen molar-refractivity contribution in [2.24, 2.45) is 0 Å². The van der Waals surface area contributed by atoms with E-state index in [0.29, 0.717) is 0 Å². The molecule has 0 aliphatic carbocycles. The maximum absolute atomic E-state index is 14.1. The molecule has 8 heteroatoms. The van der Waals surface area contributed by atoms with Crippen LogP contribution in [-0.2, 0) is 5.92 Å². The summed E-state index contributed by atoms with van der Waals surface area (Å²) in [7, 11) is 0. The minimum atomic E-state index is -4.16. The molecule has 0 amide bonds. The Labute approximate surface area is 111 Å². The van der Waals surface area contributed by atoms with E-state index in [1.165, 1.54) is 24.3 Å². The summed E-state index contributed by atoms with van der Waals surface area (Å²) in [4.78, 5) is 21.5. The highest BCUT2D eigenvalue weighted by Crippen LogP contribution is 2.39. The number of benzene rings is 1. The van der Waals surface area contributed by atoms with Crippen molar-refractivity contribution in [1.82, 2.24) is 5.16 Å². The van der Waals surface area contributed by atoms with E-state index < -0.39 is 28.1 Å². The average Bonchev–Trinajstić information content (AvgIpc) is 2.81. The van der Waals surface area contributed by atoms with Crippen LogP contribution in [0.3, 0.4) is 0 Å². The standard InChI is InChI=1S/C12H8F2N2O4/c1-7-9(16(18)19)11(20-15-7)12(13,14)10(17)8-5-3-2-4-6-8/h2-6H,1H3. The van der Waals surface area contributed by atoms with Gasteiger partial charge in [0.1, 0.15) is 0 Å². The fourth-order valence-electron chi connectivity index (χ4n) is 1.66. The van der Waals surface area contributed by atoms with Crippen LogP contribution in [0.2, 0.25) is 0 Å². The van der Waals surface area contributed by atoms with Crippen LogP contribution < -0.4 is 0 Å². The third-order valence-electron chi connectivity index (χ3n) is 2.62. The summed E-state index contributed by atoms with van der Waals surface area (Å²) >= 11 is 0. The molecular weight excluding hydrogens is 274 g/mol. The summed E-state index contributed by atoms with van der Waals surface area (Å²) in [5.41, 5.74) is -1.58. The Balaban J connectivity index is 2.51. The minimum absolute atomic E-state index is 0.277. The second kappa shape index (κ2) is 4.80. The summed E-state index contributed by atoms with van der Waals surface area (Å²) in [5, 5.41) is 13.9. The molecule has 0 bridgehead atoms. The molecule has 1 heterocycles. The smallest absolute Gasteiger partial charge is 0.346 e. The Morgan fingerprint density at radius 1 is 1.35 bits per heavy atom. The Morgan fingerprint density at radius 2 is 1.95 bits per heavy atom. The number of carbonyl (C=O) groups excluding carboxylic acids is 1. The van der Waals surface area contributed by atoms with Crippen LogP contribution in [0.4, 0.5) is 14.5 Å². The first kappa shape index (κ1) is 13.8. The molecule has 0 radical (unpaired) electrons. The van der Waals surface area contributed by atoms with Gasteiger partial charge in [0.25, 0.3) is 5.76 Å². The molecule has 1 aromatic heterocycles. The maximum Gasteiger partial charge on any atom is 0.375 e. The highest BCUT2D eigenvalue weighted by atomic mass is 19.3. The van der Waals surface area contributed by atoms with Gasteiger partial charge in [-0.05, 0) is 6.92 Å². The second-order valence-electron chi connectivity index (χ2n) is 3.97. The van der Waals surface area contributed by atoms with Gasteiger partial charge in [0.05, 0.1) is 4.92 Å². The van der Waals surface area contributed by atoms with Gasteiger partial charge in [-0.2, -0.15) is 8.78 Å². The van der Waals surface area contributed by atoms with E-state index >= 15 is 0 Å². The fourth-order valence-corrected chi connectivity index (χ4v) is 1.66. The Hall–Kier alpha value is -2.64. The van der Waals surface area contributed by atoms with Crippen molar-refractivity contribution in [2.75, 3.05) is 0 Å². The molecule has 0 spiro atoms. The van der Waals surface area contributed by atoms with Gasteiger partial charge < -0.3 is 4.52 Å². The topological polar surface area (TPSA) is 86.2 Å². The number of rotatable bonds is 4. The predicted octanol–water partition coefficient (Wildman–Crippen LogP) is 2.87. The molecule has 0 N–H and O–H groups in total. The zero-order valence-electron chi connectivity index (χ0n) is 10.2. The molecule has 20 heavy (non-hydrogen) atoms. The number of Topliss-reactive ketones (excluding diaryl/α,β-unsaturated/α-hetero) is 1. The fraction of sp³-hybridized carbons (Fsp3) is 0.167. The largest absolute Gasteiger partial charge is 0.375 e. The first-order chi connectivity index (χ1) is 9.35. The van der Waals surface area contributed by atoms with E-state index in [-0.39, 0.29) is 11.3 Å². The molecule has 0 unspecified atom stereocenters. The van der Waals surface area contributed by atoms with E-state index in [9.17, 15) is 23.7 Å². The van der Waals surface area contributed by atoms with Gasteiger partial charge in [-0.25, -0.2) is 0 Å². The van der Waals surface area contributed by atoms with Crippen LogP contribution in [0.25, 0.3) is 0 Å². The quantitative estimate of drug-likeness (QED) is 0.489. The Kier molecular flexibility index (Phi) is 3.31. The SMILES string of the molecule is Cc1noc(C(F)(F)C(=O)c2ccccc2)c1[N+](=O)[O-]. The maximum atomic E-state index is 14.1. The zero-order valence-corrected chi connectivity index (χ0v) is 10.2. The number of carbonyl (C=O) groups is 1. The van der Waals surface area contributed by atoms with Gasteiger partial charge in [0, 0.05) is 5.56 Å². The van der Waals surface area contributed by atoms with Crippen molar-refractivity contribution in [3.8, 4) is 0 Å². The lowest BCUT2D eigenvalue weighted by Gasteiger charge is -2.10. The van der Waals surface area contributed by atoms with E-state index in [1.54, 1.807) is 6.07 Å². The number of hydrogen-bond donors (Lipinski definition) is 0. The molecule has 1 aromatic carbocycles. The van der Waals surface area contributed by atoms with Crippen molar-refractivity contribution >= 4 is 11.5 Å². The minimum Gasteiger partial charge on any atom is -0.346 e. The molecule has 104 valence electrons. The first-order valence-electron chi connectivity index (χ1n) is 5.44. The van der Waals surface area contributed by atoms with Crippen molar-refractivity contribution in [3.63, 3.8) is 0 Å². The molecule has 2 aromatic rings. The van der Waals surface area contributed by atoms with E-state index in [1.807, 2.05) is 0 Å². The zero-order chi connectivity index (χ0) is 14.9. The van der Waals surface area contributed by atoms with E-state index in [4.69, 9.17) is 0 Å². The van der Waals surface area contributed by atoms with Crippen molar-refractivity contribution < 1.29 is 23.0 Å². The molecule has 0 saturated carbocycles. The average molecular weight is 282 g/mol. The van der Waals surface area contributed by atoms with Crippen molar-refractivity contribution in [2.45, 2.75) is 12.8 Å². The van der Waals surface area contributed by atoms with Crippen molar-refractivity contribution in [1.29, 1.82) is 0 Å². The molecule has 0 aliphatic rings. The van der Waals surface area contributed by atoms with E-state index in [2.05, 4.69) is 9.68 Å². The summed E-state index contributed by atoms with van der Waals surface area (Å²) in [6.45, 7) is 1.15. The van der Waals surface area contributed by atoms with Crippen LogP contribution in [0, 0.1) is 17.0 Å². The second-order valence-corrected chi connectivity index (χ2v) is 3.97. The molecule has 2 rings (SSSR count). The highest BCUT2D eigenvalue weighted by molar-refractivity contribution is 6.01. The number of hydrogen-bond acceptors (Lipinski definition) is 5. The van der Waals surface area contributed by atoms with Crippen LogP contribution in [0.15, 0.2) is 34.9 Å². The molecule has 6 nitrogen and oxygen atoms in total. The first-order valence-corrected chi connectivity index (χ1v) is 5.44. The molecule has 0 atom stereocenters. The number of ketones is 1. The molecule has 0 fully saturated rings. The summed E-state index contributed by atoms with van der Waals surface area (Å²) in [6, 6.07) is 6.74. The van der Waals surface area contributed by atoms with Gasteiger partial charge in [-0.3, -0.25) is 14.9 Å². The van der Waals surface area contributed by atoms with E-state index in [0.717, 1.165) is 6.92 Å². The van der Waals surface area contributed by atoms with Crippen molar-refractivity contribution in [3.05, 3.63) is 57.5 Å². The normalized spacial score (nSPS) is 11.3. The lowest BCUT2D eigenvalue weighted by Crippen LogP contribution is -2.26. The third-order valence-corrected chi connectivity index (χ3v) is 2.62. The van der Waals surface area contributed by atoms with Crippen LogP contribution in [-0.4, -0.2) is 15.9 Å². The Bertz CT molecular complexity index is 667. The lowest BCUT2D eigenvalue weighted by molar-refractivity contribution is -0.387.